The molecule has 0 amide bonds. The molecule has 0 rings (SSSR count). The second-order valence-electron chi connectivity index (χ2n) is 22.3. The number of carbonyl (C=O) groups is 3. The first-order chi connectivity index (χ1) is 34.4. The monoisotopic (exact) mass is 989 g/mol. The Morgan fingerprint density at radius 3 is 0.743 bits per heavy atom. The van der Waals surface area contributed by atoms with Gasteiger partial charge in [-0.2, -0.15) is 0 Å². The van der Waals surface area contributed by atoms with E-state index in [1.807, 2.05) is 0 Å². The summed E-state index contributed by atoms with van der Waals surface area (Å²) in [5.74, 6) is 0.0401. The van der Waals surface area contributed by atoms with Crippen molar-refractivity contribution in [2.45, 2.75) is 374 Å². The second kappa shape index (κ2) is 58.3. The SMILES string of the molecule is CCCCCCCCCCCCCCCCCCCCCC(=O)OC[C@@H](COC(=O)CCCCCCCCCCCCC(C)CC)OC(=O)CCCCCCCCCCCCCCCCCCCCC. The van der Waals surface area contributed by atoms with Gasteiger partial charge in [-0.1, -0.05) is 329 Å². The van der Waals surface area contributed by atoms with Gasteiger partial charge in [0.05, 0.1) is 0 Å². The van der Waals surface area contributed by atoms with E-state index in [2.05, 4.69) is 27.7 Å². The predicted octanol–water partition coefficient (Wildman–Crippen LogP) is 21.4. The minimum atomic E-state index is -0.763. The molecule has 6 nitrogen and oxygen atoms in total. The Hall–Kier alpha value is -1.59. The Labute approximate surface area is 438 Å². The third-order valence-corrected chi connectivity index (χ3v) is 15.2. The Morgan fingerprint density at radius 2 is 0.500 bits per heavy atom. The van der Waals surface area contributed by atoms with Crippen LogP contribution in [0, 0.1) is 5.92 Å². The summed E-state index contributed by atoms with van der Waals surface area (Å²) in [5.41, 5.74) is 0. The molecule has 0 aliphatic heterocycles. The van der Waals surface area contributed by atoms with Gasteiger partial charge in [0.15, 0.2) is 6.10 Å². The van der Waals surface area contributed by atoms with Crippen LogP contribution in [0.1, 0.15) is 368 Å². The van der Waals surface area contributed by atoms with Gasteiger partial charge in [-0.25, -0.2) is 0 Å². The van der Waals surface area contributed by atoms with Crippen molar-refractivity contribution < 1.29 is 28.6 Å². The molecule has 70 heavy (non-hydrogen) atoms. The molecule has 1 unspecified atom stereocenters. The lowest BCUT2D eigenvalue weighted by molar-refractivity contribution is -0.167. The van der Waals surface area contributed by atoms with Gasteiger partial charge < -0.3 is 14.2 Å². The number of carbonyl (C=O) groups excluding carboxylic acids is 3. The van der Waals surface area contributed by atoms with Crippen LogP contribution in [0.4, 0.5) is 0 Å². The highest BCUT2D eigenvalue weighted by Gasteiger charge is 2.19. The number of hydrogen-bond donors (Lipinski definition) is 0. The van der Waals surface area contributed by atoms with Crippen LogP contribution in [0.15, 0.2) is 0 Å². The average Bonchev–Trinajstić information content (AvgIpc) is 3.36. The fourth-order valence-electron chi connectivity index (χ4n) is 9.95. The Bertz CT molecular complexity index is 1060. The summed E-state index contributed by atoms with van der Waals surface area (Å²) in [6, 6.07) is 0. The maximum absolute atomic E-state index is 12.9. The average molecular weight is 990 g/mol. The van der Waals surface area contributed by atoms with Gasteiger partial charge in [0.2, 0.25) is 0 Å². The Kier molecular flexibility index (Phi) is 57.0. The zero-order chi connectivity index (χ0) is 50.9. The van der Waals surface area contributed by atoms with Crippen molar-refractivity contribution in [1.82, 2.24) is 0 Å². The van der Waals surface area contributed by atoms with E-state index in [0.29, 0.717) is 19.3 Å². The van der Waals surface area contributed by atoms with Crippen molar-refractivity contribution in [3.63, 3.8) is 0 Å². The van der Waals surface area contributed by atoms with E-state index < -0.39 is 6.10 Å². The van der Waals surface area contributed by atoms with Crippen LogP contribution in [0.2, 0.25) is 0 Å². The fraction of sp³-hybridized carbons (Fsp3) is 0.953. The molecule has 0 saturated heterocycles. The lowest BCUT2D eigenvalue weighted by atomic mass is 9.99. The maximum Gasteiger partial charge on any atom is 0.306 e. The van der Waals surface area contributed by atoms with Crippen LogP contribution < -0.4 is 0 Å². The Morgan fingerprint density at radius 1 is 0.286 bits per heavy atom. The molecule has 0 heterocycles. The normalized spacial score (nSPS) is 12.3. The van der Waals surface area contributed by atoms with Crippen molar-refractivity contribution in [3.05, 3.63) is 0 Å². The molecule has 0 bridgehead atoms. The Balaban J connectivity index is 4.27. The van der Waals surface area contributed by atoms with Gasteiger partial charge in [0.25, 0.3) is 0 Å². The first-order valence-corrected chi connectivity index (χ1v) is 31.9. The van der Waals surface area contributed by atoms with E-state index in [0.717, 1.165) is 63.7 Å². The highest BCUT2D eigenvalue weighted by molar-refractivity contribution is 5.71. The molecule has 0 N–H and O–H groups in total. The predicted molar refractivity (Wildman–Crippen MR) is 303 cm³/mol. The lowest BCUT2D eigenvalue weighted by Crippen LogP contribution is -2.30. The van der Waals surface area contributed by atoms with Crippen molar-refractivity contribution in [3.8, 4) is 0 Å². The van der Waals surface area contributed by atoms with Crippen LogP contribution in [0.5, 0.6) is 0 Å². The third-order valence-electron chi connectivity index (χ3n) is 15.2. The molecular weight excluding hydrogens is 865 g/mol. The molecule has 0 radical (unpaired) electrons. The molecular formula is C64H124O6. The number of unbranched alkanes of at least 4 members (excludes halogenated alkanes) is 45. The summed E-state index contributed by atoms with van der Waals surface area (Å²) in [6.45, 7) is 9.10. The quantitative estimate of drug-likeness (QED) is 0.0343. The lowest BCUT2D eigenvalue weighted by Gasteiger charge is -2.18. The molecule has 0 aliphatic rings. The van der Waals surface area contributed by atoms with Gasteiger partial charge in [-0.15, -0.1) is 0 Å². The zero-order valence-corrected chi connectivity index (χ0v) is 48.0. The van der Waals surface area contributed by atoms with E-state index in [1.165, 1.54) is 263 Å². The summed E-state index contributed by atoms with van der Waals surface area (Å²) in [5, 5.41) is 0. The number of rotatable bonds is 59. The number of hydrogen-bond acceptors (Lipinski definition) is 6. The molecule has 0 saturated carbocycles. The van der Waals surface area contributed by atoms with Crippen LogP contribution in [0.25, 0.3) is 0 Å². The molecule has 416 valence electrons. The molecule has 6 heteroatoms. The van der Waals surface area contributed by atoms with Gasteiger partial charge in [-0.05, 0) is 25.2 Å². The largest absolute Gasteiger partial charge is 0.462 e. The van der Waals surface area contributed by atoms with E-state index in [-0.39, 0.29) is 31.1 Å². The smallest absolute Gasteiger partial charge is 0.306 e. The summed E-state index contributed by atoms with van der Waals surface area (Å²) in [4.78, 5) is 38.3. The summed E-state index contributed by atoms with van der Waals surface area (Å²) in [7, 11) is 0. The first-order valence-electron chi connectivity index (χ1n) is 31.9. The number of ether oxygens (including phenoxy) is 3. The maximum atomic E-state index is 12.9. The minimum Gasteiger partial charge on any atom is -0.462 e. The number of esters is 3. The van der Waals surface area contributed by atoms with Crippen molar-refractivity contribution in [2.24, 2.45) is 5.92 Å². The highest BCUT2D eigenvalue weighted by atomic mass is 16.6. The second-order valence-corrected chi connectivity index (χ2v) is 22.3. The van der Waals surface area contributed by atoms with Crippen LogP contribution in [0.3, 0.4) is 0 Å². The van der Waals surface area contributed by atoms with E-state index in [9.17, 15) is 14.4 Å². The molecule has 0 aliphatic carbocycles. The van der Waals surface area contributed by atoms with Crippen molar-refractivity contribution >= 4 is 17.9 Å². The summed E-state index contributed by atoms with van der Waals surface area (Å²) >= 11 is 0. The first kappa shape index (κ1) is 68.4. The van der Waals surface area contributed by atoms with Crippen molar-refractivity contribution in [1.29, 1.82) is 0 Å². The van der Waals surface area contributed by atoms with Gasteiger partial charge in [-0.3, -0.25) is 14.4 Å². The summed E-state index contributed by atoms with van der Waals surface area (Å²) < 4.78 is 17.0. The molecule has 0 spiro atoms. The van der Waals surface area contributed by atoms with Gasteiger partial charge >= 0.3 is 17.9 Å². The summed E-state index contributed by atoms with van der Waals surface area (Å²) in [6.07, 6.45) is 65.3. The van der Waals surface area contributed by atoms with Gasteiger partial charge in [0.1, 0.15) is 13.2 Å². The zero-order valence-electron chi connectivity index (χ0n) is 48.0. The topological polar surface area (TPSA) is 78.9 Å². The highest BCUT2D eigenvalue weighted by Crippen LogP contribution is 2.19. The van der Waals surface area contributed by atoms with Crippen LogP contribution in [-0.2, 0) is 28.6 Å². The van der Waals surface area contributed by atoms with E-state index in [4.69, 9.17) is 14.2 Å². The van der Waals surface area contributed by atoms with E-state index >= 15 is 0 Å². The molecule has 0 aromatic rings. The molecule has 0 aromatic carbocycles. The van der Waals surface area contributed by atoms with Crippen LogP contribution >= 0.6 is 0 Å². The van der Waals surface area contributed by atoms with E-state index in [1.54, 1.807) is 0 Å². The minimum absolute atomic E-state index is 0.0615. The van der Waals surface area contributed by atoms with Gasteiger partial charge in [0, 0.05) is 19.3 Å². The molecule has 0 fully saturated rings. The fourth-order valence-corrected chi connectivity index (χ4v) is 9.95. The third kappa shape index (κ3) is 55.7. The standard InChI is InChI=1S/C64H124O6/c1-5-8-10-12-14-16-18-20-22-24-26-28-30-32-34-39-43-47-51-55-62(65)68-58-61(59-69-63(66)56-52-48-44-40-37-36-38-42-46-50-54-60(4)7-3)70-64(67)57-53-49-45-41-35-33-31-29-27-25-23-21-19-17-15-13-11-9-6-2/h60-61H,5-59H2,1-4H3/t60?,61-/m0/s1. The molecule has 2 atom stereocenters. The van der Waals surface area contributed by atoms with Crippen LogP contribution in [-0.4, -0.2) is 37.2 Å². The molecule has 0 aromatic heterocycles. The van der Waals surface area contributed by atoms with Crippen molar-refractivity contribution in [2.75, 3.05) is 13.2 Å².